The molecule has 0 unspecified atom stereocenters. The SMILES string of the molecule is COc1ccccc1CNc1cc(C(=O)N2CCC(C)CC2)ncn1. The van der Waals surface area contributed by atoms with Gasteiger partial charge in [-0.25, -0.2) is 9.97 Å². The molecule has 1 aromatic heterocycles. The Bertz CT molecular complexity index is 727. The van der Waals surface area contributed by atoms with E-state index in [0.717, 1.165) is 37.2 Å². The number of likely N-dealkylation sites (tertiary alicyclic amines) is 1. The second-order valence-corrected chi connectivity index (χ2v) is 6.43. The van der Waals surface area contributed by atoms with E-state index in [1.165, 1.54) is 6.33 Å². The van der Waals surface area contributed by atoms with Gasteiger partial charge in [0.05, 0.1) is 7.11 Å². The van der Waals surface area contributed by atoms with Crippen LogP contribution in [0.3, 0.4) is 0 Å². The molecule has 2 aromatic rings. The smallest absolute Gasteiger partial charge is 0.272 e. The van der Waals surface area contributed by atoms with Gasteiger partial charge in [0.25, 0.3) is 5.91 Å². The van der Waals surface area contributed by atoms with Crippen molar-refractivity contribution < 1.29 is 9.53 Å². The van der Waals surface area contributed by atoms with Crippen LogP contribution in [-0.4, -0.2) is 41.0 Å². The highest BCUT2D eigenvalue weighted by atomic mass is 16.5. The average Bonchev–Trinajstić information content (AvgIpc) is 2.67. The Morgan fingerprint density at radius 3 is 2.80 bits per heavy atom. The third-order valence-corrected chi connectivity index (χ3v) is 4.61. The van der Waals surface area contributed by atoms with Crippen LogP contribution in [0.1, 0.15) is 35.8 Å². The molecule has 1 saturated heterocycles. The van der Waals surface area contributed by atoms with Crippen LogP contribution in [0.25, 0.3) is 0 Å². The molecule has 25 heavy (non-hydrogen) atoms. The summed E-state index contributed by atoms with van der Waals surface area (Å²) in [5, 5.41) is 3.24. The van der Waals surface area contributed by atoms with Crippen LogP contribution in [-0.2, 0) is 6.54 Å². The molecule has 1 fully saturated rings. The largest absolute Gasteiger partial charge is 0.496 e. The molecule has 0 bridgehead atoms. The summed E-state index contributed by atoms with van der Waals surface area (Å²) >= 11 is 0. The van der Waals surface area contributed by atoms with E-state index in [2.05, 4.69) is 22.2 Å². The number of amides is 1. The highest BCUT2D eigenvalue weighted by molar-refractivity contribution is 5.92. The average molecular weight is 340 g/mol. The minimum atomic E-state index is -0.0189. The summed E-state index contributed by atoms with van der Waals surface area (Å²) in [7, 11) is 1.65. The Hall–Kier alpha value is -2.63. The Balaban J connectivity index is 1.66. The number of methoxy groups -OCH3 is 1. The maximum Gasteiger partial charge on any atom is 0.272 e. The van der Waals surface area contributed by atoms with Gasteiger partial charge in [0.2, 0.25) is 0 Å². The van der Waals surface area contributed by atoms with Crippen molar-refractivity contribution in [3.05, 3.63) is 47.9 Å². The fourth-order valence-corrected chi connectivity index (χ4v) is 2.98. The number of ether oxygens (including phenoxy) is 1. The molecule has 6 nitrogen and oxygen atoms in total. The van der Waals surface area contributed by atoms with Crippen molar-refractivity contribution >= 4 is 11.7 Å². The van der Waals surface area contributed by atoms with E-state index in [9.17, 15) is 4.79 Å². The summed E-state index contributed by atoms with van der Waals surface area (Å²) in [5.74, 6) is 2.12. The Morgan fingerprint density at radius 2 is 2.04 bits per heavy atom. The zero-order valence-corrected chi connectivity index (χ0v) is 14.7. The predicted octanol–water partition coefficient (Wildman–Crippen LogP) is 2.97. The lowest BCUT2D eigenvalue weighted by atomic mass is 9.99. The predicted molar refractivity (Wildman–Crippen MR) is 96.7 cm³/mol. The summed E-state index contributed by atoms with van der Waals surface area (Å²) in [4.78, 5) is 22.9. The minimum Gasteiger partial charge on any atom is -0.496 e. The highest BCUT2D eigenvalue weighted by Crippen LogP contribution is 2.20. The second kappa shape index (κ2) is 7.96. The first-order chi connectivity index (χ1) is 12.2. The van der Waals surface area contributed by atoms with E-state index in [0.29, 0.717) is 24.0 Å². The lowest BCUT2D eigenvalue weighted by molar-refractivity contribution is 0.0691. The maximum absolute atomic E-state index is 12.6. The van der Waals surface area contributed by atoms with Gasteiger partial charge in [-0.1, -0.05) is 25.1 Å². The first-order valence-electron chi connectivity index (χ1n) is 8.64. The molecular weight excluding hydrogens is 316 g/mol. The van der Waals surface area contributed by atoms with Crippen molar-refractivity contribution in [2.75, 3.05) is 25.5 Å². The van der Waals surface area contributed by atoms with Gasteiger partial charge in [-0.2, -0.15) is 0 Å². The van der Waals surface area contributed by atoms with Crippen LogP contribution in [0, 0.1) is 5.92 Å². The second-order valence-electron chi connectivity index (χ2n) is 6.43. The zero-order valence-electron chi connectivity index (χ0n) is 14.7. The molecule has 0 atom stereocenters. The first kappa shape index (κ1) is 17.2. The number of para-hydroxylation sites is 1. The Morgan fingerprint density at radius 1 is 1.28 bits per heavy atom. The Kier molecular flexibility index (Phi) is 5.48. The van der Waals surface area contributed by atoms with Crippen LogP contribution >= 0.6 is 0 Å². The fourth-order valence-electron chi connectivity index (χ4n) is 2.98. The van der Waals surface area contributed by atoms with Crippen LogP contribution in [0.4, 0.5) is 5.82 Å². The lowest BCUT2D eigenvalue weighted by Gasteiger charge is -2.30. The molecule has 1 amide bonds. The standard InChI is InChI=1S/C19H24N4O2/c1-14-7-9-23(10-8-14)19(24)16-11-18(22-13-21-16)20-12-15-5-3-4-6-17(15)25-2/h3-6,11,13-14H,7-10,12H2,1-2H3,(H,20,21,22). The minimum absolute atomic E-state index is 0.0189. The normalized spacial score (nSPS) is 15.0. The first-order valence-corrected chi connectivity index (χ1v) is 8.64. The van der Waals surface area contributed by atoms with Crippen molar-refractivity contribution in [2.24, 2.45) is 5.92 Å². The number of hydrogen-bond donors (Lipinski definition) is 1. The van der Waals surface area contributed by atoms with Gasteiger partial charge < -0.3 is 15.0 Å². The third kappa shape index (κ3) is 4.26. The maximum atomic E-state index is 12.6. The number of carbonyl (C=O) groups is 1. The number of aromatic nitrogens is 2. The number of benzene rings is 1. The molecule has 0 saturated carbocycles. The van der Waals surface area contributed by atoms with Crippen molar-refractivity contribution in [3.8, 4) is 5.75 Å². The van der Waals surface area contributed by atoms with Crippen LogP contribution in [0.2, 0.25) is 0 Å². The summed E-state index contributed by atoms with van der Waals surface area (Å²) in [5.41, 5.74) is 1.47. The molecule has 2 heterocycles. The fraction of sp³-hybridized carbons (Fsp3) is 0.421. The summed E-state index contributed by atoms with van der Waals surface area (Å²) in [6.07, 6.45) is 3.54. The number of anilines is 1. The molecular formula is C19H24N4O2. The van der Waals surface area contributed by atoms with E-state index in [-0.39, 0.29) is 5.91 Å². The number of nitrogens with zero attached hydrogens (tertiary/aromatic N) is 3. The van der Waals surface area contributed by atoms with Gasteiger partial charge in [0.15, 0.2) is 0 Å². The molecule has 0 radical (unpaired) electrons. The molecule has 3 rings (SSSR count). The zero-order chi connectivity index (χ0) is 17.6. The van der Waals surface area contributed by atoms with Gasteiger partial charge in [-0.3, -0.25) is 4.79 Å². The van der Waals surface area contributed by atoms with Crippen LogP contribution < -0.4 is 10.1 Å². The van der Waals surface area contributed by atoms with E-state index in [4.69, 9.17) is 4.74 Å². The lowest BCUT2D eigenvalue weighted by Crippen LogP contribution is -2.38. The molecule has 132 valence electrons. The highest BCUT2D eigenvalue weighted by Gasteiger charge is 2.22. The van der Waals surface area contributed by atoms with Crippen molar-refractivity contribution in [2.45, 2.75) is 26.3 Å². The van der Waals surface area contributed by atoms with Crippen LogP contribution in [0.5, 0.6) is 5.75 Å². The monoisotopic (exact) mass is 340 g/mol. The third-order valence-electron chi connectivity index (χ3n) is 4.61. The van der Waals surface area contributed by atoms with Crippen molar-refractivity contribution in [1.82, 2.24) is 14.9 Å². The molecule has 1 aliphatic rings. The molecule has 0 spiro atoms. The number of piperidine rings is 1. The van der Waals surface area contributed by atoms with E-state index >= 15 is 0 Å². The number of rotatable bonds is 5. The molecule has 0 aliphatic carbocycles. The number of carbonyl (C=O) groups excluding carboxylic acids is 1. The number of nitrogens with one attached hydrogen (secondary N) is 1. The molecule has 1 N–H and O–H groups in total. The van der Waals surface area contributed by atoms with Gasteiger partial charge in [0, 0.05) is 31.3 Å². The van der Waals surface area contributed by atoms with Gasteiger partial charge >= 0.3 is 0 Å². The van der Waals surface area contributed by atoms with Gasteiger partial charge in [0.1, 0.15) is 23.6 Å². The molecule has 1 aromatic carbocycles. The quantitative estimate of drug-likeness (QED) is 0.906. The molecule has 6 heteroatoms. The van der Waals surface area contributed by atoms with Crippen LogP contribution in [0.15, 0.2) is 36.7 Å². The topological polar surface area (TPSA) is 67.3 Å². The van der Waals surface area contributed by atoms with E-state index < -0.39 is 0 Å². The molecule has 1 aliphatic heterocycles. The van der Waals surface area contributed by atoms with Crippen molar-refractivity contribution in [3.63, 3.8) is 0 Å². The number of hydrogen-bond acceptors (Lipinski definition) is 5. The summed E-state index contributed by atoms with van der Waals surface area (Å²) in [6, 6.07) is 9.53. The summed E-state index contributed by atoms with van der Waals surface area (Å²) in [6.45, 7) is 4.39. The van der Waals surface area contributed by atoms with E-state index in [1.54, 1.807) is 13.2 Å². The van der Waals surface area contributed by atoms with Crippen molar-refractivity contribution in [1.29, 1.82) is 0 Å². The van der Waals surface area contributed by atoms with Gasteiger partial charge in [-0.05, 0) is 24.8 Å². The van der Waals surface area contributed by atoms with E-state index in [1.807, 2.05) is 29.2 Å². The van der Waals surface area contributed by atoms with Gasteiger partial charge in [-0.15, -0.1) is 0 Å². The summed E-state index contributed by atoms with van der Waals surface area (Å²) < 4.78 is 5.35. The Labute approximate surface area is 148 Å².